The molecule has 2 heteroatoms. The maximum Gasteiger partial charge on any atom is 0.00389 e. The molecule has 1 unspecified atom stereocenters. The molecular formula is C18H36N2. The van der Waals surface area contributed by atoms with Gasteiger partial charge >= 0.3 is 0 Å². The fraction of sp³-hybridized carbons (Fsp3) is 1.00. The van der Waals surface area contributed by atoms with Gasteiger partial charge in [-0.25, -0.2) is 0 Å². The first-order chi connectivity index (χ1) is 9.65. The number of rotatable bonds is 5. The van der Waals surface area contributed by atoms with Gasteiger partial charge in [0.2, 0.25) is 0 Å². The minimum atomic E-state index is 0.623. The lowest BCUT2D eigenvalue weighted by Gasteiger charge is -2.41. The highest BCUT2D eigenvalue weighted by Gasteiger charge is 2.33. The second-order valence-electron chi connectivity index (χ2n) is 7.71. The smallest absolute Gasteiger partial charge is 0.00389 e. The van der Waals surface area contributed by atoms with E-state index in [0.717, 1.165) is 11.8 Å². The third-order valence-electron chi connectivity index (χ3n) is 5.81. The molecule has 0 spiro atoms. The van der Waals surface area contributed by atoms with Gasteiger partial charge < -0.3 is 10.2 Å². The minimum absolute atomic E-state index is 0.623. The van der Waals surface area contributed by atoms with Crippen molar-refractivity contribution >= 4 is 0 Å². The Morgan fingerprint density at radius 3 is 2.55 bits per heavy atom. The van der Waals surface area contributed by atoms with Crippen molar-refractivity contribution in [2.24, 2.45) is 17.3 Å². The average Bonchev–Trinajstić information content (AvgIpc) is 2.65. The molecule has 118 valence electrons. The van der Waals surface area contributed by atoms with E-state index in [1.165, 1.54) is 77.7 Å². The Hall–Kier alpha value is -0.0800. The van der Waals surface area contributed by atoms with Gasteiger partial charge in [-0.05, 0) is 82.0 Å². The van der Waals surface area contributed by atoms with E-state index in [0.29, 0.717) is 5.41 Å². The second-order valence-corrected chi connectivity index (χ2v) is 7.71. The molecule has 2 aliphatic rings. The number of piperidine rings is 1. The predicted octanol–water partition coefficient (Wildman–Crippen LogP) is 3.91. The van der Waals surface area contributed by atoms with Crippen molar-refractivity contribution in [3.8, 4) is 0 Å². The summed E-state index contributed by atoms with van der Waals surface area (Å²) in [5.41, 5.74) is 0.623. The topological polar surface area (TPSA) is 15.3 Å². The number of nitrogens with zero attached hydrogens (tertiary/aromatic N) is 1. The molecule has 2 aliphatic heterocycles. The van der Waals surface area contributed by atoms with E-state index in [2.05, 4.69) is 31.0 Å². The van der Waals surface area contributed by atoms with Crippen LogP contribution in [0.25, 0.3) is 0 Å². The zero-order valence-electron chi connectivity index (χ0n) is 14.1. The van der Waals surface area contributed by atoms with Crippen LogP contribution in [0.3, 0.4) is 0 Å². The standard InChI is InChI=1S/C18H36N2/c1-4-8-18(9-11-19-12-10-18)15-20-13-5-6-17(7-14-20)16(2)3/h16-17,19H,4-15H2,1-3H3. The van der Waals surface area contributed by atoms with E-state index >= 15 is 0 Å². The molecule has 2 rings (SSSR count). The number of hydrogen-bond donors (Lipinski definition) is 1. The van der Waals surface area contributed by atoms with Gasteiger partial charge in [-0.3, -0.25) is 0 Å². The molecule has 0 amide bonds. The number of nitrogens with one attached hydrogen (secondary N) is 1. The Morgan fingerprint density at radius 2 is 1.90 bits per heavy atom. The molecule has 0 bridgehead atoms. The predicted molar refractivity (Wildman–Crippen MR) is 88.1 cm³/mol. The fourth-order valence-electron chi connectivity index (χ4n) is 4.46. The molecule has 0 radical (unpaired) electrons. The van der Waals surface area contributed by atoms with Gasteiger partial charge in [0.1, 0.15) is 0 Å². The molecule has 0 aliphatic carbocycles. The number of hydrogen-bond acceptors (Lipinski definition) is 2. The molecule has 0 aromatic rings. The third-order valence-corrected chi connectivity index (χ3v) is 5.81. The van der Waals surface area contributed by atoms with Crippen molar-refractivity contribution in [1.82, 2.24) is 10.2 Å². The van der Waals surface area contributed by atoms with Crippen molar-refractivity contribution in [3.63, 3.8) is 0 Å². The zero-order chi connectivity index (χ0) is 14.4. The van der Waals surface area contributed by atoms with Crippen LogP contribution in [0, 0.1) is 17.3 Å². The van der Waals surface area contributed by atoms with Crippen LogP contribution in [-0.2, 0) is 0 Å². The van der Waals surface area contributed by atoms with Crippen molar-refractivity contribution in [2.45, 2.75) is 65.7 Å². The first-order valence-electron chi connectivity index (χ1n) is 9.08. The summed E-state index contributed by atoms with van der Waals surface area (Å²) < 4.78 is 0. The molecule has 2 heterocycles. The molecule has 0 saturated carbocycles. The lowest BCUT2D eigenvalue weighted by molar-refractivity contribution is 0.102. The molecule has 2 saturated heterocycles. The largest absolute Gasteiger partial charge is 0.317 e. The van der Waals surface area contributed by atoms with E-state index in [1.54, 1.807) is 0 Å². The van der Waals surface area contributed by atoms with Crippen molar-refractivity contribution in [1.29, 1.82) is 0 Å². The summed E-state index contributed by atoms with van der Waals surface area (Å²) in [7, 11) is 0. The normalized spacial score (nSPS) is 28.5. The second kappa shape index (κ2) is 7.79. The van der Waals surface area contributed by atoms with Gasteiger partial charge in [0.25, 0.3) is 0 Å². The molecule has 0 aromatic heterocycles. The maximum absolute atomic E-state index is 3.55. The van der Waals surface area contributed by atoms with Crippen LogP contribution in [0.4, 0.5) is 0 Å². The Labute approximate surface area is 126 Å². The van der Waals surface area contributed by atoms with Gasteiger partial charge in [-0.15, -0.1) is 0 Å². The van der Waals surface area contributed by atoms with Gasteiger partial charge in [-0.2, -0.15) is 0 Å². The van der Waals surface area contributed by atoms with Crippen LogP contribution in [-0.4, -0.2) is 37.6 Å². The minimum Gasteiger partial charge on any atom is -0.317 e. The highest BCUT2D eigenvalue weighted by Crippen LogP contribution is 2.36. The van der Waals surface area contributed by atoms with Gasteiger partial charge in [0, 0.05) is 6.54 Å². The van der Waals surface area contributed by atoms with E-state index < -0.39 is 0 Å². The molecular weight excluding hydrogens is 244 g/mol. The van der Waals surface area contributed by atoms with Crippen LogP contribution in [0.1, 0.15) is 65.7 Å². The third kappa shape index (κ3) is 4.46. The van der Waals surface area contributed by atoms with E-state index in [1.807, 2.05) is 0 Å². The summed E-state index contributed by atoms with van der Waals surface area (Å²) in [4.78, 5) is 2.81. The quantitative estimate of drug-likeness (QED) is 0.821. The lowest BCUT2D eigenvalue weighted by Crippen LogP contribution is -2.45. The summed E-state index contributed by atoms with van der Waals surface area (Å²) >= 11 is 0. The summed E-state index contributed by atoms with van der Waals surface area (Å²) in [5.74, 6) is 1.84. The Bertz CT molecular complexity index is 263. The van der Waals surface area contributed by atoms with Crippen LogP contribution in [0.5, 0.6) is 0 Å². The summed E-state index contributed by atoms with van der Waals surface area (Å²) in [6.07, 6.45) is 9.87. The molecule has 1 atom stereocenters. The molecule has 1 N–H and O–H groups in total. The molecule has 2 fully saturated rings. The van der Waals surface area contributed by atoms with Crippen LogP contribution in [0.2, 0.25) is 0 Å². The Kier molecular flexibility index (Phi) is 6.35. The monoisotopic (exact) mass is 280 g/mol. The summed E-state index contributed by atoms with van der Waals surface area (Å²) in [6, 6.07) is 0. The van der Waals surface area contributed by atoms with E-state index in [4.69, 9.17) is 0 Å². The molecule has 20 heavy (non-hydrogen) atoms. The summed E-state index contributed by atoms with van der Waals surface area (Å²) in [6.45, 7) is 13.7. The van der Waals surface area contributed by atoms with Crippen molar-refractivity contribution < 1.29 is 0 Å². The lowest BCUT2D eigenvalue weighted by atomic mass is 9.75. The van der Waals surface area contributed by atoms with Crippen LogP contribution >= 0.6 is 0 Å². The SMILES string of the molecule is CCCC1(CN2CCCC(C(C)C)CC2)CCNCC1. The first kappa shape index (κ1) is 16.3. The van der Waals surface area contributed by atoms with Gasteiger partial charge in [0.05, 0.1) is 0 Å². The van der Waals surface area contributed by atoms with Crippen LogP contribution < -0.4 is 5.32 Å². The highest BCUT2D eigenvalue weighted by molar-refractivity contribution is 4.88. The highest BCUT2D eigenvalue weighted by atomic mass is 15.1. The Morgan fingerprint density at radius 1 is 1.15 bits per heavy atom. The van der Waals surface area contributed by atoms with Crippen molar-refractivity contribution in [3.05, 3.63) is 0 Å². The first-order valence-corrected chi connectivity index (χ1v) is 9.08. The van der Waals surface area contributed by atoms with E-state index in [9.17, 15) is 0 Å². The van der Waals surface area contributed by atoms with Gasteiger partial charge in [-0.1, -0.05) is 27.2 Å². The Balaban J connectivity index is 1.90. The average molecular weight is 281 g/mol. The zero-order valence-corrected chi connectivity index (χ0v) is 14.1. The van der Waals surface area contributed by atoms with Crippen LogP contribution in [0.15, 0.2) is 0 Å². The molecule has 0 aromatic carbocycles. The van der Waals surface area contributed by atoms with E-state index in [-0.39, 0.29) is 0 Å². The van der Waals surface area contributed by atoms with Gasteiger partial charge in [0.15, 0.2) is 0 Å². The number of likely N-dealkylation sites (tertiary alicyclic amines) is 1. The summed E-state index contributed by atoms with van der Waals surface area (Å²) in [5, 5.41) is 3.55. The fourth-order valence-corrected chi connectivity index (χ4v) is 4.46. The maximum atomic E-state index is 3.55. The molecule has 2 nitrogen and oxygen atoms in total. The van der Waals surface area contributed by atoms with Crippen molar-refractivity contribution in [2.75, 3.05) is 32.7 Å².